The molecule has 0 unspecified atom stereocenters. The van der Waals surface area contributed by atoms with Crippen molar-refractivity contribution in [2.45, 2.75) is 13.5 Å². The molecule has 1 aromatic heterocycles. The van der Waals surface area contributed by atoms with Crippen LogP contribution in [0.2, 0.25) is 0 Å². The van der Waals surface area contributed by atoms with Crippen molar-refractivity contribution < 1.29 is 5.11 Å². The van der Waals surface area contributed by atoms with E-state index in [0.717, 1.165) is 24.5 Å². The fraction of sp³-hybridized carbons (Fsp3) is 0.545. The van der Waals surface area contributed by atoms with E-state index in [-0.39, 0.29) is 6.61 Å². The predicted octanol–water partition coefficient (Wildman–Crippen LogP) is 0.709. The molecule has 0 saturated heterocycles. The van der Waals surface area contributed by atoms with E-state index in [1.54, 1.807) is 0 Å². The molecule has 1 N–H and O–H groups in total. The monoisotopic (exact) mass is 209 g/mol. The van der Waals surface area contributed by atoms with Crippen molar-refractivity contribution in [2.75, 3.05) is 19.7 Å². The van der Waals surface area contributed by atoms with Gasteiger partial charge in [-0.25, -0.2) is 0 Å². The molecule has 0 saturated carbocycles. The molecule has 1 aromatic rings. The highest BCUT2D eigenvalue weighted by atomic mass is 16.3. The van der Waals surface area contributed by atoms with Crippen LogP contribution < -0.4 is 0 Å². The zero-order chi connectivity index (χ0) is 11.3. The molecule has 0 aliphatic heterocycles. The van der Waals surface area contributed by atoms with Crippen molar-refractivity contribution in [3.05, 3.63) is 30.1 Å². The van der Waals surface area contributed by atoms with Gasteiger partial charge < -0.3 is 5.11 Å². The maximum atomic E-state index is 8.92. The first-order chi connectivity index (χ1) is 7.17. The fourth-order valence-electron chi connectivity index (χ4n) is 1.60. The Labute approximate surface area is 90.8 Å². The van der Waals surface area contributed by atoms with E-state index in [1.165, 1.54) is 0 Å². The van der Waals surface area contributed by atoms with Crippen molar-refractivity contribution in [3.63, 3.8) is 0 Å². The first-order valence-electron chi connectivity index (χ1n) is 5.11. The van der Waals surface area contributed by atoms with Crippen LogP contribution in [0.5, 0.6) is 0 Å². The van der Waals surface area contributed by atoms with Crippen molar-refractivity contribution in [1.29, 1.82) is 0 Å². The molecule has 0 aliphatic rings. The summed E-state index contributed by atoms with van der Waals surface area (Å²) in [4.78, 5) is 2.13. The molecule has 0 amide bonds. The third-order valence-electron chi connectivity index (χ3n) is 2.29. The lowest BCUT2D eigenvalue weighted by Crippen LogP contribution is -2.27. The molecule has 0 aliphatic carbocycles. The molecule has 4 heteroatoms. The number of rotatable bonds is 6. The zero-order valence-electron chi connectivity index (χ0n) is 9.48. The third-order valence-corrected chi connectivity index (χ3v) is 2.29. The second-order valence-corrected chi connectivity index (χ2v) is 3.65. The van der Waals surface area contributed by atoms with E-state index in [2.05, 4.69) is 22.6 Å². The first-order valence-corrected chi connectivity index (χ1v) is 5.11. The molecule has 0 atom stereocenters. The molecule has 84 valence electrons. The number of hydrogen-bond acceptors (Lipinski definition) is 3. The van der Waals surface area contributed by atoms with E-state index in [0.29, 0.717) is 6.54 Å². The lowest BCUT2D eigenvalue weighted by molar-refractivity contribution is 0.200. The van der Waals surface area contributed by atoms with E-state index in [1.807, 2.05) is 24.7 Å². The number of aliphatic hydroxyl groups is 1. The highest BCUT2D eigenvalue weighted by molar-refractivity contribution is 5.08. The summed E-state index contributed by atoms with van der Waals surface area (Å²) in [6, 6.07) is 2.06. The van der Waals surface area contributed by atoms with E-state index < -0.39 is 0 Å². The lowest BCUT2D eigenvalue weighted by atomic mass is 10.3. The molecule has 0 spiro atoms. The van der Waals surface area contributed by atoms with Gasteiger partial charge in [0, 0.05) is 26.7 Å². The minimum atomic E-state index is 0.171. The molecule has 1 heterocycles. The maximum Gasteiger partial charge on any atom is 0.0597 e. The SMILES string of the molecule is C=CCN(CCO)Cc1cc(C)nn1C. The Hall–Kier alpha value is -1.13. The summed E-state index contributed by atoms with van der Waals surface area (Å²) in [5, 5.41) is 13.2. The van der Waals surface area contributed by atoms with Gasteiger partial charge in [0.05, 0.1) is 18.0 Å². The average Bonchev–Trinajstić information content (AvgIpc) is 2.46. The van der Waals surface area contributed by atoms with Crippen LogP contribution in [0.4, 0.5) is 0 Å². The molecule has 0 bridgehead atoms. The van der Waals surface area contributed by atoms with Crippen LogP contribution in [0.1, 0.15) is 11.4 Å². The van der Waals surface area contributed by atoms with Gasteiger partial charge in [-0.15, -0.1) is 6.58 Å². The molecule has 1 rings (SSSR count). The van der Waals surface area contributed by atoms with Gasteiger partial charge in [0.25, 0.3) is 0 Å². The Morgan fingerprint density at radius 2 is 2.40 bits per heavy atom. The molecular formula is C11H19N3O. The molecule has 15 heavy (non-hydrogen) atoms. The van der Waals surface area contributed by atoms with Crippen molar-refractivity contribution in [3.8, 4) is 0 Å². The summed E-state index contributed by atoms with van der Waals surface area (Å²) < 4.78 is 1.88. The topological polar surface area (TPSA) is 41.3 Å². The van der Waals surface area contributed by atoms with Crippen molar-refractivity contribution in [1.82, 2.24) is 14.7 Å². The van der Waals surface area contributed by atoms with Crippen molar-refractivity contribution in [2.24, 2.45) is 7.05 Å². The smallest absolute Gasteiger partial charge is 0.0597 e. The van der Waals surface area contributed by atoms with Crippen LogP contribution in [0.25, 0.3) is 0 Å². The van der Waals surface area contributed by atoms with Crippen LogP contribution in [0.15, 0.2) is 18.7 Å². The molecule has 0 fully saturated rings. The Balaban J connectivity index is 2.64. The number of hydrogen-bond donors (Lipinski definition) is 1. The Kier molecular flexibility index (Phi) is 4.52. The van der Waals surface area contributed by atoms with Crippen LogP contribution >= 0.6 is 0 Å². The van der Waals surface area contributed by atoms with Gasteiger partial charge in [0.15, 0.2) is 0 Å². The minimum Gasteiger partial charge on any atom is -0.395 e. The number of aryl methyl sites for hydroxylation is 2. The highest BCUT2D eigenvalue weighted by Crippen LogP contribution is 2.05. The van der Waals surface area contributed by atoms with Gasteiger partial charge in [0.1, 0.15) is 0 Å². The Morgan fingerprint density at radius 1 is 1.67 bits per heavy atom. The predicted molar refractivity (Wildman–Crippen MR) is 60.5 cm³/mol. The quantitative estimate of drug-likeness (QED) is 0.701. The number of aromatic nitrogens is 2. The number of nitrogens with zero attached hydrogens (tertiary/aromatic N) is 3. The zero-order valence-corrected chi connectivity index (χ0v) is 9.48. The van der Waals surface area contributed by atoms with E-state index in [9.17, 15) is 0 Å². The van der Waals surface area contributed by atoms with Crippen LogP contribution in [-0.2, 0) is 13.6 Å². The lowest BCUT2D eigenvalue weighted by Gasteiger charge is -2.19. The molecule has 0 aromatic carbocycles. The van der Waals surface area contributed by atoms with Gasteiger partial charge in [0.2, 0.25) is 0 Å². The maximum absolute atomic E-state index is 8.92. The number of aliphatic hydroxyl groups excluding tert-OH is 1. The normalized spacial score (nSPS) is 10.9. The molecule has 4 nitrogen and oxygen atoms in total. The second-order valence-electron chi connectivity index (χ2n) is 3.65. The standard InChI is InChI=1S/C11H19N3O/c1-4-5-14(6-7-15)9-11-8-10(2)12-13(11)3/h4,8,15H,1,5-7,9H2,2-3H3. The van der Waals surface area contributed by atoms with Gasteiger partial charge in [-0.2, -0.15) is 5.10 Å². The van der Waals surface area contributed by atoms with Gasteiger partial charge >= 0.3 is 0 Å². The summed E-state index contributed by atoms with van der Waals surface area (Å²) >= 11 is 0. The van der Waals surface area contributed by atoms with Crippen LogP contribution in [0.3, 0.4) is 0 Å². The summed E-state index contributed by atoms with van der Waals surface area (Å²) in [6.07, 6.45) is 1.85. The largest absolute Gasteiger partial charge is 0.395 e. The minimum absolute atomic E-state index is 0.171. The molecular weight excluding hydrogens is 190 g/mol. The fourth-order valence-corrected chi connectivity index (χ4v) is 1.60. The van der Waals surface area contributed by atoms with Crippen LogP contribution in [0, 0.1) is 6.92 Å². The molecule has 0 radical (unpaired) electrons. The third kappa shape index (κ3) is 3.49. The summed E-state index contributed by atoms with van der Waals surface area (Å²) in [5.41, 5.74) is 2.18. The average molecular weight is 209 g/mol. The van der Waals surface area contributed by atoms with Gasteiger partial charge in [-0.1, -0.05) is 6.08 Å². The highest BCUT2D eigenvalue weighted by Gasteiger charge is 2.07. The van der Waals surface area contributed by atoms with E-state index in [4.69, 9.17) is 5.11 Å². The Bertz CT molecular complexity index is 320. The summed E-state index contributed by atoms with van der Waals surface area (Å²) in [7, 11) is 1.94. The second kappa shape index (κ2) is 5.68. The van der Waals surface area contributed by atoms with Crippen LogP contribution in [-0.4, -0.2) is 39.5 Å². The first kappa shape index (κ1) is 11.9. The van der Waals surface area contributed by atoms with E-state index >= 15 is 0 Å². The Morgan fingerprint density at radius 3 is 2.87 bits per heavy atom. The van der Waals surface area contributed by atoms with Gasteiger partial charge in [-0.05, 0) is 13.0 Å². The summed E-state index contributed by atoms with van der Waals surface area (Å²) in [6.45, 7) is 8.10. The van der Waals surface area contributed by atoms with Gasteiger partial charge in [-0.3, -0.25) is 9.58 Å². The summed E-state index contributed by atoms with van der Waals surface area (Å²) in [5.74, 6) is 0. The van der Waals surface area contributed by atoms with Crippen molar-refractivity contribution >= 4 is 0 Å².